The lowest BCUT2D eigenvalue weighted by molar-refractivity contribution is 0.271. The molecule has 1 saturated heterocycles. The molecule has 0 aliphatic carbocycles. The lowest BCUT2D eigenvalue weighted by atomic mass is 10.2. The lowest BCUT2D eigenvalue weighted by Crippen LogP contribution is -2.46. The molecule has 0 spiro atoms. The van der Waals surface area contributed by atoms with Gasteiger partial charge in [0.15, 0.2) is 5.82 Å². The molecule has 3 aromatic rings. The Morgan fingerprint density at radius 3 is 2.62 bits per heavy atom. The van der Waals surface area contributed by atoms with Gasteiger partial charge < -0.3 is 9.80 Å². The summed E-state index contributed by atoms with van der Waals surface area (Å²) in [5.41, 5.74) is 2.21. The molecule has 4 rings (SSSR count). The second kappa shape index (κ2) is 10.2. The quantitative estimate of drug-likeness (QED) is 0.499. The van der Waals surface area contributed by atoms with E-state index in [0.717, 1.165) is 50.0 Å². The molecule has 1 aliphatic rings. The summed E-state index contributed by atoms with van der Waals surface area (Å²) in [7, 11) is -3.60. The maximum Gasteiger partial charge on any atom is 0.232 e. The topological polar surface area (TPSA) is 96.2 Å². The third-order valence-corrected chi connectivity index (χ3v) is 7.59. The first-order valence-corrected chi connectivity index (χ1v) is 13.2. The zero-order valence-corrected chi connectivity index (χ0v) is 20.7. The number of likely N-dealkylation sites (N-methyl/N-ethyl adjacent to an activating group) is 1. The fourth-order valence-corrected chi connectivity index (χ4v) is 5.37. The van der Waals surface area contributed by atoms with Crippen LogP contribution in [0.4, 0.5) is 15.8 Å². The van der Waals surface area contributed by atoms with Crippen molar-refractivity contribution < 1.29 is 12.8 Å². The normalized spacial score (nSPS) is 15.0. The first-order chi connectivity index (χ1) is 16.3. The molecule has 12 heteroatoms. The van der Waals surface area contributed by atoms with Gasteiger partial charge in [0.2, 0.25) is 10.0 Å². The molecular formula is C22H27ClFN7O2S. The Morgan fingerprint density at radius 1 is 1.15 bits per heavy atom. The van der Waals surface area contributed by atoms with Gasteiger partial charge in [-0.1, -0.05) is 30.7 Å². The number of hydrogen-bond donors (Lipinski definition) is 1. The van der Waals surface area contributed by atoms with Crippen LogP contribution >= 0.6 is 11.6 Å². The second-order valence-electron chi connectivity index (χ2n) is 8.08. The van der Waals surface area contributed by atoms with Crippen molar-refractivity contribution in [1.29, 1.82) is 0 Å². The molecule has 1 fully saturated rings. The van der Waals surface area contributed by atoms with E-state index in [0.29, 0.717) is 12.1 Å². The maximum absolute atomic E-state index is 14.7. The molecule has 0 unspecified atom stereocenters. The molecule has 1 N–H and O–H groups in total. The van der Waals surface area contributed by atoms with Crippen LogP contribution in [0.1, 0.15) is 20.3 Å². The van der Waals surface area contributed by atoms with E-state index in [1.54, 1.807) is 19.3 Å². The summed E-state index contributed by atoms with van der Waals surface area (Å²) in [4.78, 5) is 9.03. The Kier molecular flexibility index (Phi) is 7.34. The highest BCUT2D eigenvalue weighted by Gasteiger charge is 2.20. The highest BCUT2D eigenvalue weighted by Crippen LogP contribution is 2.32. The predicted octanol–water partition coefficient (Wildman–Crippen LogP) is 3.42. The molecule has 0 saturated carbocycles. The van der Waals surface area contributed by atoms with Gasteiger partial charge in [-0.15, -0.1) is 5.10 Å². The highest BCUT2D eigenvalue weighted by molar-refractivity contribution is 7.92. The molecule has 3 heterocycles. The fourth-order valence-electron chi connectivity index (χ4n) is 3.89. The van der Waals surface area contributed by atoms with Crippen molar-refractivity contribution >= 4 is 33.0 Å². The van der Waals surface area contributed by atoms with Crippen molar-refractivity contribution in [2.75, 3.05) is 48.1 Å². The molecule has 2 aromatic heterocycles. The van der Waals surface area contributed by atoms with Crippen LogP contribution in [0.3, 0.4) is 0 Å². The van der Waals surface area contributed by atoms with Gasteiger partial charge in [-0.05, 0) is 31.2 Å². The van der Waals surface area contributed by atoms with Gasteiger partial charge in [0.05, 0.1) is 34.5 Å². The number of rotatable bonds is 8. The molecule has 0 radical (unpaired) electrons. The monoisotopic (exact) mass is 507 g/mol. The fraction of sp³-hybridized carbons (Fsp3) is 0.409. The van der Waals surface area contributed by atoms with E-state index < -0.39 is 15.8 Å². The van der Waals surface area contributed by atoms with Gasteiger partial charge in [0.25, 0.3) is 0 Å². The maximum atomic E-state index is 14.7. The van der Waals surface area contributed by atoms with Crippen LogP contribution in [-0.4, -0.2) is 71.8 Å². The Balaban J connectivity index is 1.60. The van der Waals surface area contributed by atoms with Crippen molar-refractivity contribution in [3.05, 3.63) is 47.6 Å². The highest BCUT2D eigenvalue weighted by atomic mass is 35.5. The van der Waals surface area contributed by atoms with Gasteiger partial charge in [-0.2, -0.15) is 0 Å². The molecule has 1 aliphatic heterocycles. The number of anilines is 2. The number of benzene rings is 1. The molecule has 1 aromatic carbocycles. The van der Waals surface area contributed by atoms with Crippen molar-refractivity contribution in [3.8, 4) is 16.9 Å². The number of hydrogen-bond acceptors (Lipinski definition) is 7. The Labute approximate surface area is 203 Å². The molecule has 0 bridgehead atoms. The van der Waals surface area contributed by atoms with Crippen LogP contribution < -0.4 is 9.62 Å². The minimum Gasteiger partial charge on any atom is -0.368 e. The van der Waals surface area contributed by atoms with Crippen molar-refractivity contribution in [2.45, 2.75) is 20.3 Å². The molecular weight excluding hydrogens is 481 g/mol. The first kappa shape index (κ1) is 24.4. The van der Waals surface area contributed by atoms with E-state index in [9.17, 15) is 12.8 Å². The Morgan fingerprint density at radius 2 is 1.91 bits per heavy atom. The molecule has 182 valence electrons. The van der Waals surface area contributed by atoms with Crippen LogP contribution in [0.5, 0.6) is 0 Å². The predicted molar refractivity (Wildman–Crippen MR) is 132 cm³/mol. The van der Waals surface area contributed by atoms with E-state index in [1.165, 1.54) is 10.7 Å². The average molecular weight is 508 g/mol. The van der Waals surface area contributed by atoms with Crippen LogP contribution in [0, 0.1) is 5.82 Å². The first-order valence-electron chi connectivity index (χ1n) is 11.1. The summed E-state index contributed by atoms with van der Waals surface area (Å²) < 4.78 is 42.6. The van der Waals surface area contributed by atoms with E-state index in [1.807, 2.05) is 12.3 Å². The van der Waals surface area contributed by atoms with Crippen molar-refractivity contribution in [1.82, 2.24) is 24.9 Å². The van der Waals surface area contributed by atoms with Gasteiger partial charge in [-0.25, -0.2) is 17.5 Å². The summed E-state index contributed by atoms with van der Waals surface area (Å²) in [6.45, 7) is 8.76. The minimum atomic E-state index is -3.60. The zero-order chi connectivity index (χ0) is 24.3. The van der Waals surface area contributed by atoms with E-state index >= 15 is 0 Å². The smallest absolute Gasteiger partial charge is 0.232 e. The lowest BCUT2D eigenvalue weighted by Gasteiger charge is -2.35. The molecule has 9 nitrogen and oxygen atoms in total. The van der Waals surface area contributed by atoms with Crippen LogP contribution in [0.15, 0.2) is 36.8 Å². The number of sulfonamides is 1. The van der Waals surface area contributed by atoms with Crippen molar-refractivity contribution in [2.24, 2.45) is 0 Å². The van der Waals surface area contributed by atoms with Crippen LogP contribution in [0.2, 0.25) is 5.02 Å². The molecule has 34 heavy (non-hydrogen) atoms. The number of nitrogens with one attached hydrogen (secondary N) is 1. The summed E-state index contributed by atoms with van der Waals surface area (Å²) in [6, 6.07) is 4.42. The van der Waals surface area contributed by atoms with Crippen LogP contribution in [0.25, 0.3) is 16.9 Å². The van der Waals surface area contributed by atoms with Gasteiger partial charge in [0, 0.05) is 37.9 Å². The third-order valence-electron chi connectivity index (χ3n) is 5.73. The SMILES string of the molecule is CCCS(=O)(=O)Nc1ccc(F)c(-n2cc(-c3cncc(N4CCN(CC)CC4)c3)nn2)c1Cl. The van der Waals surface area contributed by atoms with Gasteiger partial charge in [0.1, 0.15) is 11.4 Å². The third kappa shape index (κ3) is 5.31. The van der Waals surface area contributed by atoms with Crippen LogP contribution in [-0.2, 0) is 10.0 Å². The Bertz CT molecular complexity index is 1260. The minimum absolute atomic E-state index is 0.0691. The van der Waals surface area contributed by atoms with Gasteiger partial charge >= 0.3 is 0 Å². The Hall–Kier alpha value is -2.76. The number of aromatic nitrogens is 4. The summed E-state index contributed by atoms with van der Waals surface area (Å²) in [5, 5.41) is 8.11. The summed E-state index contributed by atoms with van der Waals surface area (Å²) in [6.07, 6.45) is 5.48. The average Bonchev–Trinajstić information content (AvgIpc) is 3.31. The summed E-state index contributed by atoms with van der Waals surface area (Å²) >= 11 is 6.38. The van der Waals surface area contributed by atoms with E-state index in [2.05, 4.69) is 36.7 Å². The standard InChI is InChI=1S/C22H27ClFN7O2S/c1-3-11-34(32,33)27-19-6-5-18(24)22(21(19)23)31-15-20(26-28-31)16-12-17(14-25-13-16)30-9-7-29(4-2)8-10-30/h5-6,12-15,27H,3-4,7-11H2,1-2H3. The van der Waals surface area contributed by atoms with E-state index in [-0.39, 0.29) is 22.2 Å². The number of halogens is 2. The summed E-state index contributed by atoms with van der Waals surface area (Å²) in [5.74, 6) is -0.721. The number of nitrogens with zero attached hydrogens (tertiary/aromatic N) is 6. The van der Waals surface area contributed by atoms with E-state index in [4.69, 9.17) is 11.6 Å². The van der Waals surface area contributed by atoms with Crippen molar-refractivity contribution in [3.63, 3.8) is 0 Å². The number of pyridine rings is 1. The molecule has 0 amide bonds. The molecule has 0 atom stereocenters. The number of piperazine rings is 1. The zero-order valence-electron chi connectivity index (χ0n) is 19.1. The largest absolute Gasteiger partial charge is 0.368 e. The second-order valence-corrected chi connectivity index (χ2v) is 10.3. The van der Waals surface area contributed by atoms with Gasteiger partial charge in [-0.3, -0.25) is 9.71 Å².